The first kappa shape index (κ1) is 49.2. The molecule has 6 rings (SSSR count). The van der Waals surface area contributed by atoms with Gasteiger partial charge in [-0.05, 0) is 100 Å². The molecule has 3 aromatic heterocycles. The summed E-state index contributed by atoms with van der Waals surface area (Å²) in [5.41, 5.74) is 8.62. The molecule has 6 atom stereocenters. The number of hydrogen-bond donors (Lipinski definition) is 3. The summed E-state index contributed by atoms with van der Waals surface area (Å²) in [6, 6.07) is 5.91. The highest BCUT2D eigenvalue weighted by atomic mass is 16.5. The van der Waals surface area contributed by atoms with E-state index in [9.17, 15) is 19.5 Å². The molecule has 1 aliphatic carbocycles. The Kier molecular flexibility index (Phi) is 16.2. The van der Waals surface area contributed by atoms with Crippen molar-refractivity contribution in [2.45, 2.75) is 164 Å². The van der Waals surface area contributed by atoms with E-state index < -0.39 is 11.8 Å². The lowest BCUT2D eigenvalue weighted by atomic mass is 9.86. The number of aryl methyl sites for hydroxylation is 2. The van der Waals surface area contributed by atoms with Gasteiger partial charge in [0.2, 0.25) is 5.78 Å². The lowest BCUT2D eigenvalue weighted by molar-refractivity contribution is -0.142. The van der Waals surface area contributed by atoms with Gasteiger partial charge in [0, 0.05) is 63.0 Å². The first-order valence-electron chi connectivity index (χ1n) is 24.2. The number of rotatable bonds is 19. The summed E-state index contributed by atoms with van der Waals surface area (Å²) in [5.74, 6) is 0.304. The minimum Gasteiger partial charge on any atom is -0.512 e. The SMILES string of the molecule is C=C[C@H]1c2cc3[nH]c4c(c3C)C(=O)C(C(=O)OC)=c4c3nc(cc4[nH]c(cc(n2)[C@@H]1C)c(=C(C)O)c4C)[C@@H](C)[C@@H]3CCC(=O)OC/C=C(\C)CCC[C@H](C)CCC[C@H](C)CCCC(C)C. The number of ketones is 1. The highest BCUT2D eigenvalue weighted by molar-refractivity contribution is 6.48. The van der Waals surface area contributed by atoms with Crippen molar-refractivity contribution in [3.63, 3.8) is 0 Å². The number of H-pyrrole nitrogens is 2. The number of fused-ring (bicyclic) bond motifs is 8. The fourth-order valence-corrected chi connectivity index (χ4v) is 10.3. The Morgan fingerprint density at radius 1 is 0.831 bits per heavy atom. The predicted molar refractivity (Wildman–Crippen MR) is 262 cm³/mol. The van der Waals surface area contributed by atoms with Crippen LogP contribution in [0.5, 0.6) is 0 Å². The fourth-order valence-electron chi connectivity index (χ4n) is 10.3. The average Bonchev–Trinajstić information content (AvgIpc) is 4.00. The number of carbonyl (C=O) groups excluding carboxylic acids is 3. The number of Topliss-reactive ketones (excluding diaryl/α,β-unsaturated/α-hetero) is 1. The number of carbonyl (C=O) groups is 3. The van der Waals surface area contributed by atoms with Crippen LogP contribution in [0.25, 0.3) is 33.4 Å². The Bertz CT molecular complexity index is 2620. The molecule has 0 saturated carbocycles. The molecule has 10 nitrogen and oxygen atoms in total. The predicted octanol–water partition coefficient (Wildman–Crippen LogP) is 11.8. The maximum Gasteiger partial charge on any atom is 0.342 e. The molecule has 3 aromatic rings. The molecule has 0 saturated heterocycles. The molecule has 3 N–H and O–H groups in total. The van der Waals surface area contributed by atoms with Crippen molar-refractivity contribution in [1.82, 2.24) is 19.9 Å². The molecule has 0 fully saturated rings. The summed E-state index contributed by atoms with van der Waals surface area (Å²) in [4.78, 5) is 58.7. The second-order valence-electron chi connectivity index (χ2n) is 19.9. The van der Waals surface area contributed by atoms with Crippen LogP contribution in [0.2, 0.25) is 0 Å². The smallest absolute Gasteiger partial charge is 0.342 e. The Morgan fingerprint density at radius 2 is 1.45 bits per heavy atom. The van der Waals surface area contributed by atoms with E-state index >= 15 is 0 Å². The summed E-state index contributed by atoms with van der Waals surface area (Å²) < 4.78 is 11.0. The van der Waals surface area contributed by atoms with E-state index in [2.05, 4.69) is 65.0 Å². The number of hydrogen-bond acceptors (Lipinski definition) is 8. The molecule has 2 aliphatic heterocycles. The number of ether oxygens (including phenoxy) is 2. The van der Waals surface area contributed by atoms with E-state index in [1.807, 2.05) is 44.2 Å². The number of aliphatic hydroxyl groups excluding tert-OH is 1. The molecule has 10 heteroatoms. The van der Waals surface area contributed by atoms with Gasteiger partial charge < -0.3 is 24.5 Å². The number of nitrogens with one attached hydrogen (secondary N) is 2. The summed E-state index contributed by atoms with van der Waals surface area (Å²) in [6.45, 7) is 25.5. The lowest BCUT2D eigenvalue weighted by Crippen LogP contribution is -2.22. The van der Waals surface area contributed by atoms with Crippen molar-refractivity contribution in [3.05, 3.63) is 92.4 Å². The molecule has 3 aliphatic rings. The zero-order valence-electron chi connectivity index (χ0n) is 41.0. The lowest BCUT2D eigenvalue weighted by Gasteiger charge is -2.16. The van der Waals surface area contributed by atoms with Gasteiger partial charge in [0.05, 0.1) is 40.9 Å². The van der Waals surface area contributed by atoms with Crippen LogP contribution in [0, 0.1) is 31.6 Å². The summed E-state index contributed by atoms with van der Waals surface area (Å²) in [7, 11) is 1.27. The number of aromatic nitrogens is 4. The normalized spacial score (nSPS) is 19.7. The van der Waals surface area contributed by atoms with Gasteiger partial charge in [-0.2, -0.15) is 0 Å². The third-order valence-electron chi connectivity index (χ3n) is 14.5. The van der Waals surface area contributed by atoms with Crippen molar-refractivity contribution >= 4 is 51.1 Å². The molecule has 0 spiro atoms. The molecule has 0 unspecified atom stereocenters. The van der Waals surface area contributed by atoms with Crippen molar-refractivity contribution in [3.8, 4) is 0 Å². The molecule has 350 valence electrons. The highest BCUT2D eigenvalue weighted by Crippen LogP contribution is 2.41. The van der Waals surface area contributed by atoms with Crippen LogP contribution in [-0.2, 0) is 19.1 Å². The zero-order valence-corrected chi connectivity index (χ0v) is 41.0. The maximum atomic E-state index is 14.4. The quantitative estimate of drug-likeness (QED) is 0.0796. The third kappa shape index (κ3) is 10.9. The van der Waals surface area contributed by atoms with Crippen LogP contribution >= 0.6 is 0 Å². The van der Waals surface area contributed by atoms with Gasteiger partial charge in [0.15, 0.2) is 0 Å². The number of allylic oxidation sites excluding steroid dienone is 2. The highest BCUT2D eigenvalue weighted by Gasteiger charge is 2.38. The number of esters is 2. The largest absolute Gasteiger partial charge is 0.512 e. The minimum absolute atomic E-state index is 0.0114. The summed E-state index contributed by atoms with van der Waals surface area (Å²) in [5, 5.41) is 12.1. The Hall–Kier alpha value is -5.25. The molecule has 5 heterocycles. The van der Waals surface area contributed by atoms with Crippen LogP contribution in [0.1, 0.15) is 194 Å². The zero-order chi connectivity index (χ0) is 47.3. The van der Waals surface area contributed by atoms with Gasteiger partial charge in [0.1, 0.15) is 12.2 Å². The number of aliphatic hydroxyl groups is 1. The van der Waals surface area contributed by atoms with Crippen LogP contribution < -0.4 is 10.4 Å². The van der Waals surface area contributed by atoms with Gasteiger partial charge in [-0.15, -0.1) is 6.58 Å². The maximum absolute atomic E-state index is 14.4. The topological polar surface area (TPSA) is 147 Å². The van der Waals surface area contributed by atoms with Crippen molar-refractivity contribution in [1.29, 1.82) is 0 Å². The molecule has 0 amide bonds. The van der Waals surface area contributed by atoms with Gasteiger partial charge >= 0.3 is 11.9 Å². The Balaban J connectivity index is 1.27. The van der Waals surface area contributed by atoms with E-state index in [1.54, 1.807) is 6.92 Å². The first-order valence-corrected chi connectivity index (χ1v) is 24.2. The Labute approximate surface area is 386 Å². The van der Waals surface area contributed by atoms with Crippen molar-refractivity contribution in [2.24, 2.45) is 17.8 Å². The van der Waals surface area contributed by atoms with E-state index in [0.29, 0.717) is 56.3 Å². The average molecular weight is 887 g/mol. The molecular formula is C55H74N4O6. The second kappa shape index (κ2) is 21.4. The van der Waals surface area contributed by atoms with Crippen molar-refractivity contribution in [2.75, 3.05) is 13.7 Å². The van der Waals surface area contributed by atoms with Gasteiger partial charge in [-0.3, -0.25) is 19.6 Å². The minimum atomic E-state index is -0.743. The fraction of sp³-hybridized carbons (Fsp3) is 0.545. The van der Waals surface area contributed by atoms with Crippen LogP contribution in [0.4, 0.5) is 0 Å². The molecule has 8 bridgehead atoms. The monoisotopic (exact) mass is 887 g/mol. The number of methoxy groups -OCH3 is 1. The van der Waals surface area contributed by atoms with Crippen LogP contribution in [0.15, 0.2) is 42.5 Å². The Morgan fingerprint density at radius 3 is 2.09 bits per heavy atom. The third-order valence-corrected chi connectivity index (χ3v) is 14.5. The molecule has 0 radical (unpaired) electrons. The van der Waals surface area contributed by atoms with Crippen LogP contribution in [-0.4, -0.2) is 56.5 Å². The van der Waals surface area contributed by atoms with E-state index in [-0.39, 0.29) is 54.0 Å². The molecule has 0 aromatic carbocycles. The molecule has 65 heavy (non-hydrogen) atoms. The van der Waals surface area contributed by atoms with Crippen LogP contribution in [0.3, 0.4) is 0 Å². The summed E-state index contributed by atoms with van der Waals surface area (Å²) in [6.07, 6.45) is 15.6. The molecular weight excluding hydrogens is 813 g/mol. The van der Waals surface area contributed by atoms with Crippen molar-refractivity contribution < 1.29 is 29.0 Å². The van der Waals surface area contributed by atoms with Gasteiger partial charge in [-0.1, -0.05) is 98.1 Å². The van der Waals surface area contributed by atoms with E-state index in [1.165, 1.54) is 57.6 Å². The first-order chi connectivity index (χ1) is 30.9. The van der Waals surface area contributed by atoms with Gasteiger partial charge in [-0.25, -0.2) is 4.79 Å². The second-order valence-corrected chi connectivity index (χ2v) is 19.9. The van der Waals surface area contributed by atoms with E-state index in [0.717, 1.165) is 52.7 Å². The van der Waals surface area contributed by atoms with Gasteiger partial charge in [0.25, 0.3) is 0 Å². The standard InChI is InChI=1S/C55H74N4O6/c1-13-39-34(7)41-29-46-48(38(11)60)36(9)43(57-46)27-42-35(8)40(52(58-42)50-51(55(63)64-12)54(62)49-37(10)44(59-53(49)50)28-45(39)56-41)23-24-47(61)65-26-25-33(6)22-16-21-32(5)20-15-19-31(4)18-14-17-30(2)3/h13,25,27-32,34-35,39-40,57,59-60H,1,14-24,26H2,2-12H3/b33-25+,42-27?,45-28?,46-29?,48-38?/t31-,32-,34-,35+,39-,40+/m1/s1. The van der Waals surface area contributed by atoms with E-state index in [4.69, 9.17) is 19.4 Å². The number of nitrogens with zero attached hydrogens (tertiary/aromatic N) is 2. The summed E-state index contributed by atoms with van der Waals surface area (Å²) >= 11 is 0. The number of aromatic amines is 2.